The Hall–Kier alpha value is -4.32. The van der Waals surface area contributed by atoms with Crippen molar-refractivity contribution < 1.29 is 22.4 Å². The van der Waals surface area contributed by atoms with Crippen LogP contribution in [0.2, 0.25) is 0 Å². The van der Waals surface area contributed by atoms with Crippen LogP contribution in [0.15, 0.2) is 65.8 Å². The molecule has 3 heterocycles. The summed E-state index contributed by atoms with van der Waals surface area (Å²) < 4.78 is 42.3. The monoisotopic (exact) mass is 550 g/mol. The average molecular weight is 551 g/mol. The summed E-state index contributed by atoms with van der Waals surface area (Å²) in [4.78, 5) is 30.9. The van der Waals surface area contributed by atoms with Crippen molar-refractivity contribution >= 4 is 39.0 Å². The van der Waals surface area contributed by atoms with Crippen molar-refractivity contribution in [2.75, 3.05) is 18.4 Å². The number of fused-ring (bicyclic) bond motifs is 1. The summed E-state index contributed by atoms with van der Waals surface area (Å²) in [6.07, 6.45) is 3.96. The Morgan fingerprint density at radius 1 is 1.05 bits per heavy atom. The molecule has 2 N–H and O–H groups in total. The van der Waals surface area contributed by atoms with E-state index >= 15 is 0 Å². The minimum atomic E-state index is -4.25. The highest BCUT2D eigenvalue weighted by Crippen LogP contribution is 2.31. The van der Waals surface area contributed by atoms with Gasteiger partial charge < -0.3 is 10.2 Å². The summed E-state index contributed by atoms with van der Waals surface area (Å²) in [5, 5.41) is 7.33. The Kier molecular flexibility index (Phi) is 7.04. The third kappa shape index (κ3) is 5.32. The van der Waals surface area contributed by atoms with E-state index in [0.717, 1.165) is 26.0 Å². The van der Waals surface area contributed by atoms with Crippen molar-refractivity contribution in [3.63, 3.8) is 0 Å². The third-order valence-corrected chi connectivity index (χ3v) is 8.21. The van der Waals surface area contributed by atoms with E-state index in [-0.39, 0.29) is 27.8 Å². The number of sulfonamides is 1. The lowest BCUT2D eigenvalue weighted by Gasteiger charge is -2.32. The Balaban J connectivity index is 1.52. The van der Waals surface area contributed by atoms with Crippen LogP contribution in [-0.4, -0.2) is 52.8 Å². The molecule has 0 saturated carbocycles. The molecule has 1 saturated heterocycles. The highest BCUT2D eigenvalue weighted by Gasteiger charge is 2.30. The number of hydrogen-bond donors (Lipinski definition) is 2. The van der Waals surface area contributed by atoms with E-state index in [0.29, 0.717) is 30.3 Å². The van der Waals surface area contributed by atoms with Crippen LogP contribution in [0.5, 0.6) is 0 Å². The number of nitrogens with zero attached hydrogens (tertiary/aromatic N) is 4. The van der Waals surface area contributed by atoms with Crippen LogP contribution < -0.4 is 10.0 Å². The highest BCUT2D eigenvalue weighted by molar-refractivity contribution is 7.90. The Labute approximate surface area is 224 Å². The van der Waals surface area contributed by atoms with Gasteiger partial charge in [0.15, 0.2) is 10.5 Å². The van der Waals surface area contributed by atoms with Crippen molar-refractivity contribution in [3.05, 3.63) is 83.4 Å². The third-order valence-electron chi connectivity index (χ3n) is 6.79. The molecule has 0 atom stereocenters. The molecule has 39 heavy (non-hydrogen) atoms. The lowest BCUT2D eigenvalue weighted by Crippen LogP contribution is -2.38. The van der Waals surface area contributed by atoms with Gasteiger partial charge in [-0.25, -0.2) is 22.5 Å². The van der Waals surface area contributed by atoms with Crippen molar-refractivity contribution in [1.82, 2.24) is 24.2 Å². The molecule has 0 aliphatic carbocycles. The largest absolute Gasteiger partial charge is 0.339 e. The molecule has 0 spiro atoms. The van der Waals surface area contributed by atoms with Crippen molar-refractivity contribution in [1.29, 1.82) is 0 Å². The summed E-state index contributed by atoms with van der Waals surface area (Å²) in [5.74, 6) is -0.948. The molecule has 4 aromatic rings. The molecular weight excluding hydrogens is 523 g/mol. The summed E-state index contributed by atoms with van der Waals surface area (Å²) in [7, 11) is -4.25. The number of carbonyl (C=O) groups excluding carboxylic acids is 2. The number of halogens is 1. The zero-order chi connectivity index (χ0) is 27.7. The minimum Gasteiger partial charge on any atom is -0.339 e. The molecule has 2 aromatic heterocycles. The van der Waals surface area contributed by atoms with Crippen molar-refractivity contribution in [2.45, 2.75) is 37.5 Å². The smallest absolute Gasteiger partial charge is 0.269 e. The van der Waals surface area contributed by atoms with E-state index in [4.69, 9.17) is 0 Å². The second kappa shape index (κ2) is 10.4. The van der Waals surface area contributed by atoms with Gasteiger partial charge in [0.2, 0.25) is 5.91 Å². The molecule has 0 bridgehead atoms. The lowest BCUT2D eigenvalue weighted by molar-refractivity contribution is -0.117. The molecule has 202 valence electrons. The summed E-state index contributed by atoms with van der Waals surface area (Å²) >= 11 is 0. The number of hydrogen-bond acceptors (Lipinski definition) is 7. The number of aromatic nitrogens is 3. The van der Waals surface area contributed by atoms with E-state index < -0.39 is 21.7 Å². The van der Waals surface area contributed by atoms with Gasteiger partial charge in [0, 0.05) is 31.9 Å². The molecule has 1 fully saturated rings. The summed E-state index contributed by atoms with van der Waals surface area (Å²) in [6, 6.07) is 14.3. The van der Waals surface area contributed by atoms with Crippen LogP contribution in [0.25, 0.3) is 5.65 Å². The first-order chi connectivity index (χ1) is 18.6. The molecule has 0 radical (unpaired) electrons. The van der Waals surface area contributed by atoms with Crippen molar-refractivity contribution in [3.8, 4) is 0 Å². The first-order valence-electron chi connectivity index (χ1n) is 12.4. The van der Waals surface area contributed by atoms with E-state index in [9.17, 15) is 22.4 Å². The number of rotatable bonds is 6. The number of benzene rings is 2. The molecule has 5 rings (SSSR count). The fraction of sp³-hybridized carbons (Fsp3) is 0.259. The maximum atomic E-state index is 13.8. The summed E-state index contributed by atoms with van der Waals surface area (Å²) in [5.41, 5.74) is 2.41. The molecule has 0 unspecified atom stereocenters. The van der Waals surface area contributed by atoms with Gasteiger partial charge in [-0.3, -0.25) is 9.59 Å². The molecule has 12 heteroatoms. The van der Waals surface area contributed by atoms with Crippen LogP contribution in [-0.2, 0) is 14.8 Å². The van der Waals surface area contributed by atoms with E-state index in [1.165, 1.54) is 34.5 Å². The normalized spacial score (nSPS) is 14.4. The van der Waals surface area contributed by atoms with Gasteiger partial charge in [-0.15, -0.1) is 0 Å². The average Bonchev–Trinajstić information content (AvgIpc) is 3.36. The molecule has 2 aromatic carbocycles. The lowest BCUT2D eigenvalue weighted by atomic mass is 9.89. The van der Waals surface area contributed by atoms with Gasteiger partial charge in [0.05, 0.1) is 6.20 Å². The van der Waals surface area contributed by atoms with Gasteiger partial charge in [-0.2, -0.15) is 9.61 Å². The number of anilines is 2. The van der Waals surface area contributed by atoms with Crippen LogP contribution in [0, 0.1) is 12.7 Å². The van der Waals surface area contributed by atoms with Gasteiger partial charge >= 0.3 is 0 Å². The van der Waals surface area contributed by atoms with E-state index in [1.54, 1.807) is 11.8 Å². The van der Waals surface area contributed by atoms with Gasteiger partial charge in [-0.05, 0) is 55.0 Å². The second-order valence-electron chi connectivity index (χ2n) is 9.49. The SMILES string of the molecule is CC(=O)NS(=O)(=O)c1cnn2c(Nc3ccc(F)cc3C)c(C(=O)N3CCC(c4ccccc4)CC3)cnc12. The number of carbonyl (C=O) groups is 2. The maximum Gasteiger partial charge on any atom is 0.269 e. The highest BCUT2D eigenvalue weighted by atomic mass is 32.2. The topological polar surface area (TPSA) is 126 Å². The zero-order valence-electron chi connectivity index (χ0n) is 21.4. The number of nitrogens with one attached hydrogen (secondary N) is 2. The minimum absolute atomic E-state index is 0.0784. The Bertz CT molecular complexity index is 1660. The number of likely N-dealkylation sites (tertiary alicyclic amines) is 1. The standard InChI is InChI=1S/C27H27FN6O4S/c1-17-14-21(28)8-9-23(17)31-25-22(15-29-26-24(16-30-34(25)26)39(37,38)32-18(2)35)27(36)33-12-10-20(11-13-33)19-6-4-3-5-7-19/h3-9,14-16,20,31H,10-13H2,1-2H3,(H,32,35). The summed E-state index contributed by atoms with van der Waals surface area (Å²) in [6.45, 7) is 3.85. The van der Waals surface area contributed by atoms with Crippen molar-refractivity contribution in [2.24, 2.45) is 0 Å². The number of piperidine rings is 1. The van der Waals surface area contributed by atoms with Crippen LogP contribution >= 0.6 is 0 Å². The van der Waals surface area contributed by atoms with Crippen LogP contribution in [0.3, 0.4) is 0 Å². The Morgan fingerprint density at radius 2 is 1.77 bits per heavy atom. The molecule has 10 nitrogen and oxygen atoms in total. The first kappa shape index (κ1) is 26.3. The second-order valence-corrected chi connectivity index (χ2v) is 11.1. The predicted octanol–water partition coefficient (Wildman–Crippen LogP) is 3.77. The zero-order valence-corrected chi connectivity index (χ0v) is 22.2. The number of amides is 2. The molecule has 1 aliphatic rings. The van der Waals surface area contributed by atoms with Crippen LogP contribution in [0.1, 0.15) is 47.2 Å². The molecule has 2 amide bonds. The molecule has 1 aliphatic heterocycles. The fourth-order valence-corrected chi connectivity index (χ4v) is 5.88. The van der Waals surface area contributed by atoms with Gasteiger partial charge in [0.1, 0.15) is 17.2 Å². The fourth-order valence-electron chi connectivity index (χ4n) is 4.83. The predicted molar refractivity (Wildman–Crippen MR) is 143 cm³/mol. The van der Waals surface area contributed by atoms with Gasteiger partial charge in [0.25, 0.3) is 15.9 Å². The molecular formula is C27H27FN6O4S. The van der Waals surface area contributed by atoms with Crippen LogP contribution in [0.4, 0.5) is 15.9 Å². The van der Waals surface area contributed by atoms with E-state index in [1.807, 2.05) is 22.9 Å². The quantitative estimate of drug-likeness (QED) is 0.374. The first-order valence-corrected chi connectivity index (χ1v) is 13.9. The Morgan fingerprint density at radius 3 is 2.44 bits per heavy atom. The van der Waals surface area contributed by atoms with Gasteiger partial charge in [-0.1, -0.05) is 30.3 Å². The number of aryl methyl sites for hydroxylation is 1. The maximum absolute atomic E-state index is 13.8. The van der Waals surface area contributed by atoms with E-state index in [2.05, 4.69) is 27.5 Å².